The standard InChI is InChI=1S/C14H22N2O/c1-11(15-2)13-7-8-14(16-9-13)17-10-12-5-3-4-6-12/h7-9,11-12,15H,3-6,10H2,1-2H3. The lowest BCUT2D eigenvalue weighted by Gasteiger charge is -2.12. The average Bonchev–Trinajstić information content (AvgIpc) is 2.89. The van der Waals surface area contributed by atoms with Crippen molar-refractivity contribution in [1.82, 2.24) is 10.3 Å². The smallest absolute Gasteiger partial charge is 0.213 e. The summed E-state index contributed by atoms with van der Waals surface area (Å²) in [7, 11) is 1.95. The van der Waals surface area contributed by atoms with Crippen LogP contribution in [0.5, 0.6) is 5.88 Å². The Balaban J connectivity index is 1.84. The second-order valence-corrected chi connectivity index (χ2v) is 4.90. The zero-order chi connectivity index (χ0) is 12.1. The van der Waals surface area contributed by atoms with Crippen molar-refractivity contribution in [1.29, 1.82) is 0 Å². The van der Waals surface area contributed by atoms with Crippen molar-refractivity contribution in [2.75, 3.05) is 13.7 Å². The molecular weight excluding hydrogens is 212 g/mol. The summed E-state index contributed by atoms with van der Waals surface area (Å²) in [5.41, 5.74) is 1.20. The molecule has 2 rings (SSSR count). The first-order valence-electron chi connectivity index (χ1n) is 6.55. The summed E-state index contributed by atoms with van der Waals surface area (Å²) in [5.74, 6) is 1.50. The van der Waals surface area contributed by atoms with E-state index in [9.17, 15) is 0 Å². The summed E-state index contributed by atoms with van der Waals surface area (Å²) < 4.78 is 5.73. The Morgan fingerprint density at radius 1 is 1.41 bits per heavy atom. The van der Waals surface area contributed by atoms with Crippen molar-refractivity contribution in [3.05, 3.63) is 23.9 Å². The minimum Gasteiger partial charge on any atom is -0.477 e. The van der Waals surface area contributed by atoms with Gasteiger partial charge in [0.05, 0.1) is 6.61 Å². The van der Waals surface area contributed by atoms with E-state index in [2.05, 4.69) is 23.3 Å². The van der Waals surface area contributed by atoms with Crippen LogP contribution in [0.15, 0.2) is 18.3 Å². The average molecular weight is 234 g/mol. The number of pyridine rings is 1. The van der Waals surface area contributed by atoms with E-state index >= 15 is 0 Å². The van der Waals surface area contributed by atoms with Gasteiger partial charge >= 0.3 is 0 Å². The molecule has 3 nitrogen and oxygen atoms in total. The SMILES string of the molecule is CNC(C)c1ccc(OCC2CCCC2)nc1. The molecule has 1 atom stereocenters. The van der Waals surface area contributed by atoms with E-state index in [1.807, 2.05) is 19.3 Å². The largest absolute Gasteiger partial charge is 0.477 e. The fourth-order valence-corrected chi connectivity index (χ4v) is 2.28. The molecule has 1 N–H and O–H groups in total. The number of nitrogens with one attached hydrogen (secondary N) is 1. The van der Waals surface area contributed by atoms with Crippen molar-refractivity contribution in [2.45, 2.75) is 38.6 Å². The summed E-state index contributed by atoms with van der Waals surface area (Å²) >= 11 is 0. The minimum atomic E-state index is 0.339. The molecule has 1 unspecified atom stereocenters. The molecule has 0 radical (unpaired) electrons. The fraction of sp³-hybridized carbons (Fsp3) is 0.643. The van der Waals surface area contributed by atoms with Gasteiger partial charge in [-0.25, -0.2) is 4.98 Å². The van der Waals surface area contributed by atoms with Crippen LogP contribution in [-0.4, -0.2) is 18.6 Å². The van der Waals surface area contributed by atoms with Gasteiger partial charge in [-0.05, 0) is 38.3 Å². The monoisotopic (exact) mass is 234 g/mol. The van der Waals surface area contributed by atoms with E-state index in [1.54, 1.807) is 0 Å². The summed E-state index contributed by atoms with van der Waals surface area (Å²) in [6.07, 6.45) is 7.25. The van der Waals surface area contributed by atoms with Gasteiger partial charge in [-0.2, -0.15) is 0 Å². The van der Waals surface area contributed by atoms with E-state index in [1.165, 1.54) is 31.2 Å². The fourth-order valence-electron chi connectivity index (χ4n) is 2.28. The van der Waals surface area contributed by atoms with Gasteiger partial charge in [0, 0.05) is 18.3 Å². The molecule has 1 aliphatic rings. The van der Waals surface area contributed by atoms with Crippen molar-refractivity contribution in [3.63, 3.8) is 0 Å². The second-order valence-electron chi connectivity index (χ2n) is 4.90. The lowest BCUT2D eigenvalue weighted by molar-refractivity contribution is 0.243. The molecule has 0 saturated heterocycles. The Kier molecular flexibility index (Phi) is 4.37. The van der Waals surface area contributed by atoms with Gasteiger partial charge in [-0.3, -0.25) is 0 Å². The summed E-state index contributed by atoms with van der Waals surface area (Å²) in [6.45, 7) is 2.95. The Labute approximate surface area is 104 Å². The Bertz CT molecular complexity index is 331. The Morgan fingerprint density at radius 2 is 2.18 bits per heavy atom. The lowest BCUT2D eigenvalue weighted by atomic mass is 10.1. The highest BCUT2D eigenvalue weighted by Gasteiger charge is 2.15. The van der Waals surface area contributed by atoms with E-state index in [4.69, 9.17) is 4.74 Å². The van der Waals surface area contributed by atoms with Gasteiger partial charge < -0.3 is 10.1 Å². The van der Waals surface area contributed by atoms with Gasteiger partial charge in [0.1, 0.15) is 0 Å². The maximum atomic E-state index is 5.73. The van der Waals surface area contributed by atoms with Gasteiger partial charge in [0.25, 0.3) is 0 Å². The van der Waals surface area contributed by atoms with Crippen molar-refractivity contribution in [2.24, 2.45) is 5.92 Å². The molecule has 0 spiro atoms. The molecule has 0 aliphatic heterocycles. The third-order valence-corrected chi connectivity index (χ3v) is 3.63. The lowest BCUT2D eigenvalue weighted by Crippen LogP contribution is -2.13. The van der Waals surface area contributed by atoms with Crippen LogP contribution in [0.1, 0.15) is 44.2 Å². The molecule has 1 aromatic rings. The number of ether oxygens (including phenoxy) is 1. The van der Waals surface area contributed by atoms with E-state index < -0.39 is 0 Å². The van der Waals surface area contributed by atoms with Crippen LogP contribution in [0.3, 0.4) is 0 Å². The molecule has 0 amide bonds. The third kappa shape index (κ3) is 3.43. The number of nitrogens with zero attached hydrogens (tertiary/aromatic N) is 1. The van der Waals surface area contributed by atoms with Gasteiger partial charge in [-0.15, -0.1) is 0 Å². The van der Waals surface area contributed by atoms with Crippen LogP contribution >= 0.6 is 0 Å². The molecule has 1 aliphatic carbocycles. The molecule has 94 valence electrons. The van der Waals surface area contributed by atoms with Crippen molar-refractivity contribution >= 4 is 0 Å². The van der Waals surface area contributed by atoms with Crippen LogP contribution in [0.2, 0.25) is 0 Å². The van der Waals surface area contributed by atoms with Crippen molar-refractivity contribution < 1.29 is 4.74 Å². The summed E-state index contributed by atoms with van der Waals surface area (Å²) in [6, 6.07) is 4.39. The first-order chi connectivity index (χ1) is 8.29. The quantitative estimate of drug-likeness (QED) is 0.850. The number of hydrogen-bond acceptors (Lipinski definition) is 3. The third-order valence-electron chi connectivity index (χ3n) is 3.63. The van der Waals surface area contributed by atoms with Gasteiger partial charge in [0.15, 0.2) is 0 Å². The molecule has 17 heavy (non-hydrogen) atoms. The maximum absolute atomic E-state index is 5.73. The van der Waals surface area contributed by atoms with Crippen molar-refractivity contribution in [3.8, 4) is 5.88 Å². The molecule has 1 fully saturated rings. The molecule has 0 aromatic carbocycles. The Hall–Kier alpha value is -1.09. The number of rotatable bonds is 5. The minimum absolute atomic E-state index is 0.339. The first-order valence-corrected chi connectivity index (χ1v) is 6.55. The van der Waals surface area contributed by atoms with Gasteiger partial charge in [-0.1, -0.05) is 18.9 Å². The summed E-state index contributed by atoms with van der Waals surface area (Å²) in [4.78, 5) is 4.35. The normalized spacial score (nSPS) is 18.2. The van der Waals surface area contributed by atoms with Crippen LogP contribution in [0.25, 0.3) is 0 Å². The highest BCUT2D eigenvalue weighted by Crippen LogP contribution is 2.25. The summed E-state index contributed by atoms with van der Waals surface area (Å²) in [5, 5.41) is 3.20. The predicted molar refractivity (Wildman–Crippen MR) is 69.2 cm³/mol. The van der Waals surface area contributed by atoms with Crippen LogP contribution in [-0.2, 0) is 0 Å². The van der Waals surface area contributed by atoms with E-state index in [0.29, 0.717) is 6.04 Å². The van der Waals surface area contributed by atoms with Gasteiger partial charge in [0.2, 0.25) is 5.88 Å². The number of aromatic nitrogens is 1. The number of hydrogen-bond donors (Lipinski definition) is 1. The topological polar surface area (TPSA) is 34.1 Å². The van der Waals surface area contributed by atoms with Crippen LogP contribution in [0, 0.1) is 5.92 Å². The molecule has 1 heterocycles. The maximum Gasteiger partial charge on any atom is 0.213 e. The van der Waals surface area contributed by atoms with E-state index in [0.717, 1.165) is 18.4 Å². The van der Waals surface area contributed by atoms with E-state index in [-0.39, 0.29) is 0 Å². The second kappa shape index (κ2) is 6.01. The zero-order valence-electron chi connectivity index (χ0n) is 10.8. The molecule has 1 aromatic heterocycles. The molecule has 3 heteroatoms. The molecule has 1 saturated carbocycles. The zero-order valence-corrected chi connectivity index (χ0v) is 10.8. The molecular formula is C14H22N2O. The predicted octanol–water partition coefficient (Wildman–Crippen LogP) is 2.93. The van der Waals surface area contributed by atoms with Crippen LogP contribution < -0.4 is 10.1 Å². The molecule has 0 bridgehead atoms. The highest BCUT2D eigenvalue weighted by molar-refractivity contribution is 5.20. The van der Waals surface area contributed by atoms with Crippen LogP contribution in [0.4, 0.5) is 0 Å². The first kappa shape index (κ1) is 12.4. The Morgan fingerprint density at radius 3 is 2.76 bits per heavy atom. The highest BCUT2D eigenvalue weighted by atomic mass is 16.5.